The lowest BCUT2D eigenvalue weighted by molar-refractivity contribution is -0.116. The maximum Gasteiger partial charge on any atom is 0.241 e. The third-order valence-electron chi connectivity index (χ3n) is 3.41. The van der Waals surface area contributed by atoms with Gasteiger partial charge in [-0.15, -0.1) is 11.3 Å². The van der Waals surface area contributed by atoms with Crippen LogP contribution in [0, 0.1) is 6.92 Å². The number of hydrogen-bond donors (Lipinski definition) is 2. The largest absolute Gasteiger partial charge is 0.354 e. The summed E-state index contributed by atoms with van der Waals surface area (Å²) in [5.74, 6) is -1.48. The van der Waals surface area contributed by atoms with Crippen molar-refractivity contribution in [2.75, 3.05) is 5.32 Å². The van der Waals surface area contributed by atoms with Crippen molar-refractivity contribution in [3.05, 3.63) is 44.9 Å². The quantitative estimate of drug-likeness (QED) is 0.361. The van der Waals surface area contributed by atoms with Gasteiger partial charge in [0, 0.05) is 5.54 Å². The van der Waals surface area contributed by atoms with Crippen LogP contribution in [0.2, 0.25) is 5.15 Å². The predicted octanol–water partition coefficient (Wildman–Crippen LogP) is 3.55. The number of aryl methyl sites for hydroxylation is 1. The van der Waals surface area contributed by atoms with Crippen molar-refractivity contribution < 1.29 is 14.4 Å². The van der Waals surface area contributed by atoms with Crippen molar-refractivity contribution in [3.63, 3.8) is 0 Å². The second-order valence-corrected chi connectivity index (χ2v) is 8.15. The van der Waals surface area contributed by atoms with Crippen molar-refractivity contribution in [3.8, 4) is 0 Å². The molecule has 0 aromatic carbocycles. The van der Waals surface area contributed by atoms with Crippen LogP contribution in [0.1, 0.15) is 47.6 Å². The number of carbonyl (C=O) groups is 3. The zero-order chi connectivity index (χ0) is 19.5. The average molecular weight is 394 g/mol. The molecule has 1 aliphatic heterocycles. The van der Waals surface area contributed by atoms with Crippen molar-refractivity contribution in [2.24, 2.45) is 0 Å². The van der Waals surface area contributed by atoms with Gasteiger partial charge in [0.1, 0.15) is 11.1 Å². The van der Waals surface area contributed by atoms with Gasteiger partial charge in [-0.25, -0.2) is 4.98 Å². The van der Waals surface area contributed by atoms with E-state index >= 15 is 0 Å². The van der Waals surface area contributed by atoms with E-state index in [4.69, 9.17) is 11.6 Å². The zero-order valence-corrected chi connectivity index (χ0v) is 16.5. The fourth-order valence-corrected chi connectivity index (χ4v) is 3.25. The first kappa shape index (κ1) is 20.1. The number of nitrogens with one attached hydrogen (secondary N) is 2. The highest BCUT2D eigenvalue weighted by atomic mass is 35.5. The Hall–Kier alpha value is -2.25. The highest BCUT2D eigenvalue weighted by Crippen LogP contribution is 2.35. The molecule has 3 heterocycles. The molecule has 0 fully saturated rings. The number of halogens is 1. The molecule has 0 bridgehead atoms. The van der Waals surface area contributed by atoms with E-state index in [0.29, 0.717) is 22.7 Å². The van der Waals surface area contributed by atoms with Crippen molar-refractivity contribution in [2.45, 2.75) is 39.2 Å². The molecule has 0 spiro atoms. The van der Waals surface area contributed by atoms with Gasteiger partial charge in [0.05, 0.1) is 16.3 Å². The molecule has 0 aliphatic carbocycles. The van der Waals surface area contributed by atoms with Crippen LogP contribution in [0.15, 0.2) is 23.6 Å². The minimum absolute atomic E-state index is 0.0677. The minimum Gasteiger partial charge on any atom is -0.354 e. The summed E-state index contributed by atoms with van der Waals surface area (Å²) in [7, 11) is 0. The standard InChI is InChI=1S/C13H9ClN2O2S.C5H11NO/c1-6-4-8(19-5-6)12(17)10-11-7(15-13(10)18)2-3-9(14)16-11;1-5(2,3)6-4-7/h2-5,10H,1H3,(H,15,18);4H,1-3H3,(H,6,7). The number of rotatable bonds is 3. The smallest absolute Gasteiger partial charge is 0.241 e. The first-order valence-corrected chi connectivity index (χ1v) is 9.16. The molecule has 2 amide bonds. The Balaban J connectivity index is 0.000000298. The summed E-state index contributed by atoms with van der Waals surface area (Å²) < 4.78 is 0. The van der Waals surface area contributed by atoms with Gasteiger partial charge in [-0.05, 0) is 56.8 Å². The molecular weight excluding hydrogens is 374 g/mol. The van der Waals surface area contributed by atoms with Gasteiger partial charge >= 0.3 is 0 Å². The zero-order valence-electron chi connectivity index (χ0n) is 14.9. The number of ketones is 1. The molecule has 0 radical (unpaired) electrons. The molecule has 26 heavy (non-hydrogen) atoms. The lowest BCUT2D eigenvalue weighted by Gasteiger charge is -2.15. The highest BCUT2D eigenvalue weighted by molar-refractivity contribution is 7.12. The first-order valence-electron chi connectivity index (χ1n) is 7.90. The van der Waals surface area contributed by atoms with Crippen LogP contribution >= 0.6 is 22.9 Å². The van der Waals surface area contributed by atoms with Crippen LogP contribution in [0.4, 0.5) is 5.69 Å². The Kier molecular flexibility index (Phi) is 6.15. The normalized spacial score (nSPS) is 15.4. The topological polar surface area (TPSA) is 88.2 Å². The molecule has 1 atom stereocenters. The van der Waals surface area contributed by atoms with E-state index in [9.17, 15) is 14.4 Å². The van der Waals surface area contributed by atoms with Gasteiger partial charge in [-0.3, -0.25) is 14.4 Å². The van der Waals surface area contributed by atoms with E-state index < -0.39 is 5.92 Å². The number of amides is 2. The molecule has 2 aromatic heterocycles. The van der Waals surface area contributed by atoms with Crippen LogP contribution < -0.4 is 10.6 Å². The maximum absolute atomic E-state index is 12.4. The van der Waals surface area contributed by atoms with Crippen molar-refractivity contribution in [1.82, 2.24) is 10.3 Å². The number of thiophene rings is 1. The molecule has 2 N–H and O–H groups in total. The van der Waals surface area contributed by atoms with E-state index in [0.717, 1.165) is 5.56 Å². The van der Waals surface area contributed by atoms with Gasteiger partial charge in [-0.2, -0.15) is 0 Å². The number of anilines is 1. The number of pyridine rings is 1. The van der Waals surface area contributed by atoms with Gasteiger partial charge in [-0.1, -0.05) is 11.6 Å². The third kappa shape index (κ3) is 4.89. The Morgan fingerprint density at radius 3 is 2.58 bits per heavy atom. The molecule has 1 aliphatic rings. The first-order chi connectivity index (χ1) is 12.1. The van der Waals surface area contributed by atoms with Crippen LogP contribution in [-0.2, 0) is 9.59 Å². The van der Waals surface area contributed by atoms with Crippen molar-refractivity contribution in [1.29, 1.82) is 0 Å². The lowest BCUT2D eigenvalue weighted by atomic mass is 9.99. The van der Waals surface area contributed by atoms with E-state index in [2.05, 4.69) is 15.6 Å². The predicted molar refractivity (Wildman–Crippen MR) is 103 cm³/mol. The molecule has 8 heteroatoms. The van der Waals surface area contributed by atoms with Crippen LogP contribution in [0.3, 0.4) is 0 Å². The Labute approximate surface area is 161 Å². The lowest BCUT2D eigenvalue weighted by Crippen LogP contribution is -2.34. The summed E-state index contributed by atoms with van der Waals surface area (Å²) in [5.41, 5.74) is 1.91. The molecule has 2 aromatic rings. The molecule has 0 saturated carbocycles. The highest BCUT2D eigenvalue weighted by Gasteiger charge is 2.38. The number of aromatic nitrogens is 1. The van der Waals surface area contributed by atoms with Crippen LogP contribution in [0.25, 0.3) is 0 Å². The van der Waals surface area contributed by atoms with E-state index in [1.807, 2.05) is 33.1 Å². The monoisotopic (exact) mass is 393 g/mol. The van der Waals surface area contributed by atoms with Gasteiger partial charge in [0.2, 0.25) is 12.3 Å². The minimum atomic E-state index is -0.897. The SMILES string of the molecule is CC(C)(C)NC=O.Cc1csc(C(=O)C2C(=O)Nc3ccc(Cl)nc32)c1. The van der Waals surface area contributed by atoms with E-state index in [1.165, 1.54) is 11.3 Å². The number of carbonyl (C=O) groups excluding carboxylic acids is 3. The summed E-state index contributed by atoms with van der Waals surface area (Å²) in [6, 6.07) is 5.03. The fourth-order valence-electron chi connectivity index (χ4n) is 2.23. The summed E-state index contributed by atoms with van der Waals surface area (Å²) in [6.45, 7) is 7.70. The molecule has 138 valence electrons. The van der Waals surface area contributed by atoms with Crippen molar-refractivity contribution >= 4 is 46.7 Å². The summed E-state index contributed by atoms with van der Waals surface area (Å²) in [5, 5.41) is 7.41. The number of fused-ring (bicyclic) bond motifs is 1. The summed E-state index contributed by atoms with van der Waals surface area (Å²) in [4.78, 5) is 38.7. The number of hydrogen-bond acceptors (Lipinski definition) is 5. The summed E-state index contributed by atoms with van der Waals surface area (Å²) in [6.07, 6.45) is 0.708. The Morgan fingerprint density at radius 2 is 2.08 bits per heavy atom. The molecule has 0 saturated heterocycles. The average Bonchev–Trinajstić information content (AvgIpc) is 3.09. The van der Waals surface area contributed by atoms with Crippen LogP contribution in [0.5, 0.6) is 0 Å². The molecule has 1 unspecified atom stereocenters. The number of nitrogens with zero attached hydrogens (tertiary/aromatic N) is 1. The maximum atomic E-state index is 12.4. The summed E-state index contributed by atoms with van der Waals surface area (Å²) >= 11 is 7.17. The fraction of sp³-hybridized carbons (Fsp3) is 0.333. The third-order valence-corrected chi connectivity index (χ3v) is 4.68. The molecule has 3 rings (SSSR count). The number of Topliss-reactive ketones (excluding diaryl/α,β-unsaturated/α-hetero) is 1. The van der Waals surface area contributed by atoms with E-state index in [-0.39, 0.29) is 22.4 Å². The van der Waals surface area contributed by atoms with Crippen LogP contribution in [-0.4, -0.2) is 28.6 Å². The Morgan fingerprint density at radius 1 is 1.38 bits per heavy atom. The van der Waals surface area contributed by atoms with Gasteiger partial charge < -0.3 is 10.6 Å². The molecular formula is C18H20ClN3O3S. The second-order valence-electron chi connectivity index (χ2n) is 6.85. The Bertz CT molecular complexity index is 842. The van der Waals surface area contributed by atoms with Gasteiger partial charge in [0.15, 0.2) is 5.78 Å². The van der Waals surface area contributed by atoms with Gasteiger partial charge in [0.25, 0.3) is 0 Å². The second kappa shape index (κ2) is 7.97. The van der Waals surface area contributed by atoms with E-state index in [1.54, 1.807) is 18.2 Å². The molecule has 6 nitrogen and oxygen atoms in total.